The van der Waals surface area contributed by atoms with Gasteiger partial charge in [-0.1, -0.05) is 30.5 Å². The topological polar surface area (TPSA) is 73.0 Å². The summed E-state index contributed by atoms with van der Waals surface area (Å²) in [6.45, 7) is 3.54. The van der Waals surface area contributed by atoms with E-state index in [0.29, 0.717) is 36.9 Å². The Balaban J connectivity index is 1.36. The number of nitrogens with zero attached hydrogens (tertiary/aromatic N) is 3. The molecule has 0 atom stereocenters. The molecule has 172 valence electrons. The first-order chi connectivity index (χ1) is 15.4. The fraction of sp³-hybridized carbons (Fsp3) is 0.435. The molecule has 1 N–H and O–H groups in total. The number of urea groups is 1. The molecule has 0 radical (unpaired) electrons. The smallest absolute Gasteiger partial charge is 0.321 e. The van der Waals surface area contributed by atoms with Crippen LogP contribution in [0.25, 0.3) is 0 Å². The van der Waals surface area contributed by atoms with Gasteiger partial charge in [-0.2, -0.15) is 4.31 Å². The van der Waals surface area contributed by atoms with Gasteiger partial charge in [0, 0.05) is 55.7 Å². The minimum absolute atomic E-state index is 0.125. The quantitative estimate of drug-likeness (QED) is 0.715. The zero-order chi connectivity index (χ0) is 22.6. The third-order valence-electron chi connectivity index (χ3n) is 6.05. The van der Waals surface area contributed by atoms with E-state index in [0.717, 1.165) is 44.5 Å². The number of carbonyl (C=O) groups is 1. The van der Waals surface area contributed by atoms with Gasteiger partial charge < -0.3 is 15.1 Å². The third-order valence-corrected chi connectivity index (χ3v) is 8.20. The normalized spacial score (nSPS) is 18.3. The van der Waals surface area contributed by atoms with Gasteiger partial charge in [0.15, 0.2) is 0 Å². The molecule has 0 aliphatic carbocycles. The molecule has 2 aliphatic heterocycles. The van der Waals surface area contributed by atoms with Gasteiger partial charge in [0.05, 0.1) is 4.90 Å². The highest BCUT2D eigenvalue weighted by molar-refractivity contribution is 7.89. The van der Waals surface area contributed by atoms with Crippen LogP contribution in [0.2, 0.25) is 5.02 Å². The maximum Gasteiger partial charge on any atom is 0.321 e. The van der Waals surface area contributed by atoms with Crippen LogP contribution in [0.15, 0.2) is 53.4 Å². The second-order valence-electron chi connectivity index (χ2n) is 8.23. The van der Waals surface area contributed by atoms with E-state index >= 15 is 0 Å². The summed E-state index contributed by atoms with van der Waals surface area (Å²) in [6.07, 6.45) is 4.36. The summed E-state index contributed by atoms with van der Waals surface area (Å²) in [7, 11) is -3.59. The number of anilines is 2. The summed E-state index contributed by atoms with van der Waals surface area (Å²) in [6, 6.07) is 13.9. The standard InChI is InChI=1S/C23H29ClN4O3S/c24-19-6-5-7-21(18-19)26-14-16-28(17-15-26)32(30,31)22-10-8-20(9-11-22)25-23(29)27-12-3-1-2-4-13-27/h5-11,18H,1-4,12-17H2,(H,25,29). The lowest BCUT2D eigenvalue weighted by Gasteiger charge is -2.35. The van der Waals surface area contributed by atoms with Crippen LogP contribution in [0.5, 0.6) is 0 Å². The minimum atomic E-state index is -3.59. The van der Waals surface area contributed by atoms with Crippen molar-refractivity contribution in [1.82, 2.24) is 9.21 Å². The summed E-state index contributed by atoms with van der Waals surface area (Å²) in [5.41, 5.74) is 1.60. The Labute approximate surface area is 195 Å². The zero-order valence-corrected chi connectivity index (χ0v) is 19.6. The van der Waals surface area contributed by atoms with Crippen LogP contribution in [0.3, 0.4) is 0 Å². The summed E-state index contributed by atoms with van der Waals surface area (Å²) in [5.74, 6) is 0. The first kappa shape index (κ1) is 22.9. The highest BCUT2D eigenvalue weighted by Gasteiger charge is 2.28. The predicted octanol–water partition coefficient (Wildman–Crippen LogP) is 4.26. The Kier molecular flexibility index (Phi) is 7.23. The summed E-state index contributed by atoms with van der Waals surface area (Å²) in [4.78, 5) is 16.7. The van der Waals surface area contributed by atoms with E-state index in [1.807, 2.05) is 29.2 Å². The SMILES string of the molecule is O=C(Nc1ccc(S(=O)(=O)N2CCN(c3cccc(Cl)c3)CC2)cc1)N1CCCCCC1. The molecule has 2 heterocycles. The van der Waals surface area contributed by atoms with Gasteiger partial charge in [-0.15, -0.1) is 0 Å². The molecule has 2 fully saturated rings. The van der Waals surface area contributed by atoms with E-state index in [4.69, 9.17) is 11.6 Å². The number of nitrogens with one attached hydrogen (secondary N) is 1. The molecule has 2 amide bonds. The molecule has 2 aliphatic rings. The lowest BCUT2D eigenvalue weighted by molar-refractivity contribution is 0.214. The summed E-state index contributed by atoms with van der Waals surface area (Å²) < 4.78 is 27.7. The summed E-state index contributed by atoms with van der Waals surface area (Å²) in [5, 5.41) is 3.55. The number of hydrogen-bond donors (Lipinski definition) is 1. The van der Waals surface area contributed by atoms with Crippen LogP contribution in [-0.2, 0) is 10.0 Å². The average Bonchev–Trinajstić information content (AvgIpc) is 3.09. The minimum Gasteiger partial charge on any atom is -0.369 e. The number of benzene rings is 2. The Morgan fingerprint density at radius 1 is 0.844 bits per heavy atom. The van der Waals surface area contributed by atoms with E-state index in [1.54, 1.807) is 24.3 Å². The van der Waals surface area contributed by atoms with Gasteiger partial charge in [0.25, 0.3) is 0 Å². The molecule has 4 rings (SSSR count). The van der Waals surface area contributed by atoms with Crippen molar-refractivity contribution in [2.75, 3.05) is 49.5 Å². The lowest BCUT2D eigenvalue weighted by Crippen LogP contribution is -2.48. The van der Waals surface area contributed by atoms with Crippen molar-refractivity contribution in [2.45, 2.75) is 30.6 Å². The Bertz CT molecular complexity index is 1030. The van der Waals surface area contributed by atoms with E-state index in [9.17, 15) is 13.2 Å². The van der Waals surface area contributed by atoms with Crippen LogP contribution in [0.4, 0.5) is 16.2 Å². The second kappa shape index (κ2) is 10.1. The van der Waals surface area contributed by atoms with Crippen molar-refractivity contribution in [1.29, 1.82) is 0 Å². The molecule has 2 aromatic carbocycles. The zero-order valence-electron chi connectivity index (χ0n) is 18.0. The highest BCUT2D eigenvalue weighted by Crippen LogP contribution is 2.24. The number of amides is 2. The first-order valence-corrected chi connectivity index (χ1v) is 12.9. The van der Waals surface area contributed by atoms with E-state index in [-0.39, 0.29) is 10.9 Å². The molecule has 9 heteroatoms. The predicted molar refractivity (Wildman–Crippen MR) is 128 cm³/mol. The average molecular weight is 477 g/mol. The van der Waals surface area contributed by atoms with Crippen LogP contribution in [-0.4, -0.2) is 62.9 Å². The van der Waals surface area contributed by atoms with Gasteiger partial charge in [-0.3, -0.25) is 0 Å². The molecular weight excluding hydrogens is 448 g/mol. The number of carbonyl (C=O) groups excluding carboxylic acids is 1. The molecule has 0 bridgehead atoms. The first-order valence-electron chi connectivity index (χ1n) is 11.1. The fourth-order valence-corrected chi connectivity index (χ4v) is 5.80. The molecule has 0 saturated carbocycles. The van der Waals surface area contributed by atoms with Crippen molar-refractivity contribution in [2.24, 2.45) is 0 Å². The Morgan fingerprint density at radius 2 is 1.50 bits per heavy atom. The van der Waals surface area contributed by atoms with Crippen LogP contribution < -0.4 is 10.2 Å². The Morgan fingerprint density at radius 3 is 2.12 bits per heavy atom. The molecular formula is C23H29ClN4O3S. The maximum absolute atomic E-state index is 13.1. The number of halogens is 1. The van der Waals surface area contributed by atoms with Gasteiger partial charge in [0.1, 0.15) is 0 Å². The summed E-state index contributed by atoms with van der Waals surface area (Å²) >= 11 is 6.08. The number of hydrogen-bond acceptors (Lipinski definition) is 4. The van der Waals surface area contributed by atoms with Gasteiger partial charge in [0.2, 0.25) is 10.0 Å². The molecule has 32 heavy (non-hydrogen) atoms. The number of sulfonamides is 1. The van der Waals surface area contributed by atoms with Crippen LogP contribution >= 0.6 is 11.6 Å². The largest absolute Gasteiger partial charge is 0.369 e. The monoisotopic (exact) mass is 476 g/mol. The van der Waals surface area contributed by atoms with E-state index in [1.165, 1.54) is 4.31 Å². The lowest BCUT2D eigenvalue weighted by atomic mass is 10.2. The number of rotatable bonds is 4. The number of likely N-dealkylation sites (tertiary alicyclic amines) is 1. The Hall–Kier alpha value is -2.29. The molecule has 2 aromatic rings. The highest BCUT2D eigenvalue weighted by atomic mass is 35.5. The van der Waals surface area contributed by atoms with Crippen molar-refractivity contribution in [3.63, 3.8) is 0 Å². The van der Waals surface area contributed by atoms with Gasteiger partial charge in [-0.25, -0.2) is 13.2 Å². The molecule has 7 nitrogen and oxygen atoms in total. The fourth-order valence-electron chi connectivity index (χ4n) is 4.20. The van der Waals surface area contributed by atoms with Crippen molar-refractivity contribution in [3.05, 3.63) is 53.6 Å². The van der Waals surface area contributed by atoms with Crippen molar-refractivity contribution >= 4 is 39.0 Å². The number of piperazine rings is 1. The molecule has 0 aromatic heterocycles. The van der Waals surface area contributed by atoms with Gasteiger partial charge >= 0.3 is 6.03 Å². The maximum atomic E-state index is 13.1. The second-order valence-corrected chi connectivity index (χ2v) is 10.6. The third kappa shape index (κ3) is 5.36. The van der Waals surface area contributed by atoms with Crippen LogP contribution in [0, 0.1) is 0 Å². The van der Waals surface area contributed by atoms with Crippen molar-refractivity contribution in [3.8, 4) is 0 Å². The molecule has 2 saturated heterocycles. The van der Waals surface area contributed by atoms with Gasteiger partial charge in [-0.05, 0) is 55.3 Å². The van der Waals surface area contributed by atoms with Crippen molar-refractivity contribution < 1.29 is 13.2 Å². The van der Waals surface area contributed by atoms with E-state index in [2.05, 4.69) is 10.2 Å². The van der Waals surface area contributed by atoms with Crippen LogP contribution in [0.1, 0.15) is 25.7 Å². The van der Waals surface area contributed by atoms with E-state index < -0.39 is 10.0 Å². The molecule has 0 unspecified atom stereocenters. The molecule has 0 spiro atoms.